The Morgan fingerprint density at radius 1 is 1.12 bits per heavy atom. The van der Waals surface area contributed by atoms with E-state index in [1.54, 1.807) is 18.2 Å². The lowest BCUT2D eigenvalue weighted by molar-refractivity contribution is -0.123. The Balaban J connectivity index is 1.23. The third-order valence-electron chi connectivity index (χ3n) is 6.40. The number of benzene rings is 1. The number of carbonyl (C=O) groups is 1. The van der Waals surface area contributed by atoms with Crippen molar-refractivity contribution in [3.63, 3.8) is 0 Å². The molecule has 4 aliphatic carbocycles. The van der Waals surface area contributed by atoms with Gasteiger partial charge in [0.2, 0.25) is 0 Å². The third kappa shape index (κ3) is 3.93. The lowest BCUT2D eigenvalue weighted by Gasteiger charge is -2.57. The molecular weight excluding hydrogens is 357 g/mol. The largest absolute Gasteiger partial charge is 0.482 e. The van der Waals surface area contributed by atoms with Gasteiger partial charge in [0.15, 0.2) is 6.61 Å². The van der Waals surface area contributed by atoms with Crippen molar-refractivity contribution in [1.29, 1.82) is 0 Å². The van der Waals surface area contributed by atoms with Gasteiger partial charge in [-0.15, -0.1) is 0 Å². The summed E-state index contributed by atoms with van der Waals surface area (Å²) in [6.45, 7) is 0.741. The van der Waals surface area contributed by atoms with Crippen molar-refractivity contribution in [2.75, 3.05) is 13.2 Å². The van der Waals surface area contributed by atoms with Gasteiger partial charge in [-0.2, -0.15) is 0 Å². The topological polar surface area (TPSA) is 38.3 Å². The summed E-state index contributed by atoms with van der Waals surface area (Å²) in [7, 11) is 0. The second kappa shape index (κ2) is 7.00. The van der Waals surface area contributed by atoms with Crippen LogP contribution in [0, 0.1) is 23.2 Å². The zero-order valence-electron chi connectivity index (χ0n) is 14.4. The molecule has 5 rings (SSSR count). The number of hydrogen-bond donors (Lipinski definition) is 1. The molecule has 4 fully saturated rings. The highest BCUT2D eigenvalue weighted by Crippen LogP contribution is 2.61. The lowest BCUT2D eigenvalue weighted by Crippen LogP contribution is -2.47. The van der Waals surface area contributed by atoms with Crippen LogP contribution in [0.1, 0.15) is 44.9 Å². The summed E-state index contributed by atoms with van der Waals surface area (Å²) in [5.41, 5.74) is 0.502. The van der Waals surface area contributed by atoms with Gasteiger partial charge in [-0.25, -0.2) is 0 Å². The average Bonchev–Trinajstić information content (AvgIpc) is 2.52. The summed E-state index contributed by atoms with van der Waals surface area (Å²) < 4.78 is 5.50. The summed E-state index contributed by atoms with van der Waals surface area (Å²) in [4.78, 5) is 12.1. The van der Waals surface area contributed by atoms with E-state index >= 15 is 0 Å². The predicted octanol–water partition coefficient (Wildman–Crippen LogP) is 5.09. The number of ether oxygens (including phenoxy) is 1. The van der Waals surface area contributed by atoms with E-state index in [9.17, 15) is 4.79 Å². The SMILES string of the molecule is O=C(COc1ccc(Cl)cc1Cl)NCCC12CC3CC(CC(C3)C1)C2. The smallest absolute Gasteiger partial charge is 0.257 e. The Bertz CT molecular complexity index is 626. The molecule has 0 radical (unpaired) electrons. The van der Waals surface area contributed by atoms with Crippen LogP contribution in [0.4, 0.5) is 0 Å². The van der Waals surface area contributed by atoms with E-state index in [2.05, 4.69) is 5.32 Å². The molecule has 0 atom stereocenters. The molecule has 0 spiro atoms. The molecule has 1 aromatic rings. The molecule has 1 amide bonds. The molecule has 0 aromatic heterocycles. The van der Waals surface area contributed by atoms with E-state index < -0.39 is 0 Å². The summed E-state index contributed by atoms with van der Waals surface area (Å²) in [5, 5.41) is 4.00. The first-order valence-electron chi connectivity index (χ1n) is 9.36. The van der Waals surface area contributed by atoms with Crippen molar-refractivity contribution in [1.82, 2.24) is 5.32 Å². The van der Waals surface area contributed by atoms with Gasteiger partial charge in [0.25, 0.3) is 5.91 Å². The van der Waals surface area contributed by atoms with E-state index in [0.29, 0.717) is 21.2 Å². The minimum atomic E-state index is -0.0873. The molecule has 0 saturated heterocycles. The zero-order valence-corrected chi connectivity index (χ0v) is 15.9. The Labute approximate surface area is 159 Å². The highest BCUT2D eigenvalue weighted by molar-refractivity contribution is 6.35. The van der Waals surface area contributed by atoms with Gasteiger partial charge in [-0.1, -0.05) is 23.2 Å². The molecule has 1 aromatic carbocycles. The van der Waals surface area contributed by atoms with E-state index in [-0.39, 0.29) is 12.5 Å². The van der Waals surface area contributed by atoms with Crippen LogP contribution in [0.2, 0.25) is 10.0 Å². The van der Waals surface area contributed by atoms with Crippen LogP contribution >= 0.6 is 23.2 Å². The average molecular weight is 382 g/mol. The fraction of sp³-hybridized carbons (Fsp3) is 0.650. The minimum Gasteiger partial charge on any atom is -0.482 e. The molecule has 0 aliphatic heterocycles. The van der Waals surface area contributed by atoms with Crippen LogP contribution < -0.4 is 10.1 Å². The fourth-order valence-electron chi connectivity index (χ4n) is 5.85. The summed E-state index contributed by atoms with van der Waals surface area (Å²) in [6.07, 6.45) is 9.64. The van der Waals surface area contributed by atoms with Crippen LogP contribution in [0.5, 0.6) is 5.75 Å². The van der Waals surface area contributed by atoms with Gasteiger partial charge in [0.05, 0.1) is 5.02 Å². The lowest BCUT2D eigenvalue weighted by atomic mass is 9.49. The maximum absolute atomic E-state index is 12.1. The molecule has 0 heterocycles. The van der Waals surface area contributed by atoms with E-state index in [4.69, 9.17) is 27.9 Å². The Kier molecular flexibility index (Phi) is 4.89. The van der Waals surface area contributed by atoms with Crippen LogP contribution in [-0.2, 0) is 4.79 Å². The van der Waals surface area contributed by atoms with Gasteiger partial charge in [0, 0.05) is 11.6 Å². The van der Waals surface area contributed by atoms with Crippen LogP contribution in [0.3, 0.4) is 0 Å². The second-order valence-corrected chi connectivity index (χ2v) is 9.22. The minimum absolute atomic E-state index is 0.0117. The molecule has 4 aliphatic rings. The van der Waals surface area contributed by atoms with E-state index in [0.717, 1.165) is 30.7 Å². The predicted molar refractivity (Wildman–Crippen MR) is 100 cm³/mol. The normalized spacial score (nSPS) is 32.6. The molecule has 1 N–H and O–H groups in total. The third-order valence-corrected chi connectivity index (χ3v) is 6.93. The molecule has 0 unspecified atom stereocenters. The van der Waals surface area contributed by atoms with Gasteiger partial charge in [-0.05, 0) is 86.3 Å². The quantitative estimate of drug-likeness (QED) is 0.744. The van der Waals surface area contributed by atoms with Crippen molar-refractivity contribution >= 4 is 29.1 Å². The van der Waals surface area contributed by atoms with Crippen LogP contribution in [-0.4, -0.2) is 19.1 Å². The van der Waals surface area contributed by atoms with Crippen molar-refractivity contribution in [2.45, 2.75) is 44.9 Å². The monoisotopic (exact) mass is 381 g/mol. The molecular formula is C20H25Cl2NO2. The summed E-state index contributed by atoms with van der Waals surface area (Å²) in [6, 6.07) is 5.00. The van der Waals surface area contributed by atoms with Crippen molar-refractivity contribution in [3.05, 3.63) is 28.2 Å². The number of carbonyl (C=O) groups excluding carboxylic acids is 1. The number of amides is 1. The summed E-state index contributed by atoms with van der Waals surface area (Å²) >= 11 is 11.9. The number of halogens is 2. The van der Waals surface area contributed by atoms with Gasteiger partial charge < -0.3 is 10.1 Å². The first kappa shape index (κ1) is 17.5. The zero-order chi connectivity index (χ0) is 17.4. The second-order valence-electron chi connectivity index (χ2n) is 8.38. The Morgan fingerprint density at radius 3 is 2.36 bits per heavy atom. The van der Waals surface area contributed by atoms with Crippen LogP contribution in [0.25, 0.3) is 0 Å². The number of nitrogens with one attached hydrogen (secondary N) is 1. The first-order valence-corrected chi connectivity index (χ1v) is 10.1. The molecule has 25 heavy (non-hydrogen) atoms. The standard InChI is InChI=1S/C20H25Cl2NO2/c21-16-1-2-18(17(22)8-16)25-12-19(24)23-4-3-20-9-13-5-14(10-20)7-15(6-13)11-20/h1-2,8,13-15H,3-7,9-12H2,(H,23,24). The van der Waals surface area contributed by atoms with Gasteiger partial charge in [0.1, 0.15) is 5.75 Å². The molecule has 5 heteroatoms. The molecule has 3 nitrogen and oxygen atoms in total. The maximum atomic E-state index is 12.1. The van der Waals surface area contributed by atoms with Gasteiger partial charge in [-0.3, -0.25) is 4.79 Å². The van der Waals surface area contributed by atoms with Crippen molar-refractivity contribution in [2.24, 2.45) is 23.2 Å². The van der Waals surface area contributed by atoms with Gasteiger partial charge >= 0.3 is 0 Å². The maximum Gasteiger partial charge on any atom is 0.257 e. The van der Waals surface area contributed by atoms with E-state index in [1.165, 1.54) is 38.5 Å². The molecule has 136 valence electrons. The number of hydrogen-bond acceptors (Lipinski definition) is 2. The highest BCUT2D eigenvalue weighted by atomic mass is 35.5. The van der Waals surface area contributed by atoms with E-state index in [1.807, 2.05) is 0 Å². The van der Waals surface area contributed by atoms with Crippen molar-refractivity contribution < 1.29 is 9.53 Å². The first-order chi connectivity index (χ1) is 12.0. The summed E-state index contributed by atoms with van der Waals surface area (Å²) in [5.74, 6) is 3.27. The molecule has 4 bridgehead atoms. The number of rotatable bonds is 6. The van der Waals surface area contributed by atoms with Crippen molar-refractivity contribution in [3.8, 4) is 5.75 Å². The Hall–Kier alpha value is -0.930. The highest BCUT2D eigenvalue weighted by Gasteiger charge is 2.50. The Morgan fingerprint density at radius 2 is 1.76 bits per heavy atom. The molecule has 4 saturated carbocycles. The van der Waals surface area contributed by atoms with Crippen LogP contribution in [0.15, 0.2) is 18.2 Å². The fourth-order valence-corrected chi connectivity index (χ4v) is 6.31.